The number of methoxy groups -OCH3 is 1. The first kappa shape index (κ1) is 23.2. The highest BCUT2D eigenvalue weighted by Gasteiger charge is 2.35. The average Bonchev–Trinajstić information content (AvgIpc) is 3.46. The Kier molecular flexibility index (Phi) is 7.34. The molecular weight excluding hydrogens is 438 g/mol. The molecule has 3 rings (SSSR count). The van der Waals surface area contributed by atoms with Crippen LogP contribution in [0.5, 0.6) is 5.75 Å². The number of rotatable bonds is 8. The van der Waals surface area contributed by atoms with Gasteiger partial charge in [-0.15, -0.1) is 11.3 Å². The quantitative estimate of drug-likeness (QED) is 0.647. The molecule has 1 aliphatic rings. The van der Waals surface area contributed by atoms with E-state index in [9.17, 15) is 18.0 Å². The Bertz CT molecular complexity index is 1030. The number of thiophene rings is 1. The molecule has 0 aliphatic carbocycles. The number of nitrogens with one attached hydrogen (secondary N) is 1. The van der Waals surface area contributed by atoms with Crippen LogP contribution in [-0.2, 0) is 14.8 Å². The van der Waals surface area contributed by atoms with E-state index in [1.54, 1.807) is 30.9 Å². The van der Waals surface area contributed by atoms with Crippen LogP contribution < -0.4 is 10.1 Å². The highest BCUT2D eigenvalue weighted by Crippen LogP contribution is 2.30. The number of hydrogen-bond acceptors (Lipinski definition) is 6. The van der Waals surface area contributed by atoms with Crippen molar-refractivity contribution in [3.8, 4) is 5.75 Å². The van der Waals surface area contributed by atoms with Crippen molar-refractivity contribution in [2.75, 3.05) is 32.1 Å². The van der Waals surface area contributed by atoms with Gasteiger partial charge >= 0.3 is 0 Å². The summed E-state index contributed by atoms with van der Waals surface area (Å²) in [6.07, 6.45) is 1.27. The first-order valence-electron chi connectivity index (χ1n) is 10.2. The zero-order chi connectivity index (χ0) is 22.6. The Hall–Kier alpha value is -2.43. The van der Waals surface area contributed by atoms with Crippen LogP contribution in [0.15, 0.2) is 40.6 Å². The lowest BCUT2D eigenvalue weighted by atomic mass is 10.2. The number of amides is 2. The van der Waals surface area contributed by atoms with E-state index in [2.05, 4.69) is 5.32 Å². The Morgan fingerprint density at radius 1 is 1.26 bits per heavy atom. The van der Waals surface area contributed by atoms with Crippen LogP contribution in [-0.4, -0.2) is 62.2 Å². The topological polar surface area (TPSA) is 96.0 Å². The maximum atomic E-state index is 13.1. The van der Waals surface area contributed by atoms with Crippen molar-refractivity contribution in [1.29, 1.82) is 0 Å². The molecule has 0 saturated carbocycles. The number of carbonyl (C=O) groups excluding carboxylic acids is 2. The molecule has 1 unspecified atom stereocenters. The molecule has 31 heavy (non-hydrogen) atoms. The zero-order valence-corrected chi connectivity index (χ0v) is 19.5. The smallest absolute Gasteiger partial charge is 0.264 e. The van der Waals surface area contributed by atoms with E-state index in [0.717, 1.165) is 6.42 Å². The second-order valence-corrected chi connectivity index (χ2v) is 9.96. The number of ether oxygens (including phenoxy) is 1. The number of anilines is 1. The Morgan fingerprint density at radius 2 is 2.00 bits per heavy atom. The summed E-state index contributed by atoms with van der Waals surface area (Å²) in [5.74, 6) is -0.184. The highest BCUT2D eigenvalue weighted by molar-refractivity contribution is 7.89. The molecule has 1 aliphatic heterocycles. The van der Waals surface area contributed by atoms with Crippen molar-refractivity contribution in [1.82, 2.24) is 9.21 Å². The van der Waals surface area contributed by atoms with Gasteiger partial charge in [-0.05, 0) is 42.5 Å². The maximum Gasteiger partial charge on any atom is 0.264 e. The van der Waals surface area contributed by atoms with Gasteiger partial charge in [-0.1, -0.05) is 19.9 Å². The normalized spacial score (nSPS) is 16.5. The van der Waals surface area contributed by atoms with Crippen molar-refractivity contribution >= 4 is 38.9 Å². The van der Waals surface area contributed by atoms with Gasteiger partial charge in [0.25, 0.3) is 5.91 Å². The minimum atomic E-state index is -3.69. The molecule has 2 aromatic rings. The van der Waals surface area contributed by atoms with Gasteiger partial charge in [0.2, 0.25) is 15.9 Å². The molecule has 8 nitrogen and oxygen atoms in total. The molecule has 2 heterocycles. The van der Waals surface area contributed by atoms with E-state index >= 15 is 0 Å². The van der Waals surface area contributed by atoms with E-state index in [-0.39, 0.29) is 22.4 Å². The van der Waals surface area contributed by atoms with Crippen molar-refractivity contribution in [3.63, 3.8) is 0 Å². The largest absolute Gasteiger partial charge is 0.495 e. The van der Waals surface area contributed by atoms with Gasteiger partial charge in [-0.25, -0.2) is 8.42 Å². The standard InChI is InChI=1S/C21H27N3O5S2/c1-4-23(5-2)31(27,28)15-10-11-18(29-3)16(14-15)22-20(25)17-8-6-12-24(17)21(26)19-9-7-13-30-19/h7,9-11,13-14,17H,4-6,8,12H2,1-3H3,(H,22,25). The Balaban J connectivity index is 1.85. The first-order chi connectivity index (χ1) is 14.8. The molecular formula is C21H27N3O5S2. The maximum absolute atomic E-state index is 13.1. The van der Waals surface area contributed by atoms with Gasteiger partial charge < -0.3 is 15.0 Å². The van der Waals surface area contributed by atoms with Crippen LogP contribution >= 0.6 is 11.3 Å². The second kappa shape index (κ2) is 9.80. The van der Waals surface area contributed by atoms with Gasteiger partial charge in [0.15, 0.2) is 0 Å². The molecule has 1 aromatic carbocycles. The van der Waals surface area contributed by atoms with Crippen molar-refractivity contribution in [2.24, 2.45) is 0 Å². The van der Waals surface area contributed by atoms with Crippen molar-refractivity contribution < 1.29 is 22.7 Å². The predicted molar refractivity (Wildman–Crippen MR) is 120 cm³/mol. The minimum absolute atomic E-state index is 0.0743. The number of hydrogen-bond donors (Lipinski definition) is 1. The predicted octanol–water partition coefficient (Wildman–Crippen LogP) is 3.03. The summed E-state index contributed by atoms with van der Waals surface area (Å²) in [4.78, 5) is 28.1. The molecule has 1 N–H and O–H groups in total. The third kappa shape index (κ3) is 4.76. The van der Waals surface area contributed by atoms with Gasteiger partial charge in [-0.2, -0.15) is 4.31 Å². The fourth-order valence-electron chi connectivity index (χ4n) is 3.70. The average molecular weight is 466 g/mol. The molecule has 10 heteroatoms. The monoisotopic (exact) mass is 465 g/mol. The fraction of sp³-hybridized carbons (Fsp3) is 0.429. The number of carbonyl (C=O) groups is 2. The number of benzene rings is 1. The molecule has 1 saturated heterocycles. The van der Waals surface area contributed by atoms with Crippen LogP contribution in [0.3, 0.4) is 0 Å². The molecule has 168 valence electrons. The summed E-state index contributed by atoms with van der Waals surface area (Å²) in [6.45, 7) is 4.73. The van der Waals surface area contributed by atoms with Crippen LogP contribution in [0.1, 0.15) is 36.4 Å². The molecule has 0 bridgehead atoms. The van der Waals surface area contributed by atoms with Crippen molar-refractivity contribution in [3.05, 3.63) is 40.6 Å². The lowest BCUT2D eigenvalue weighted by Crippen LogP contribution is -2.43. The second-order valence-electron chi connectivity index (χ2n) is 7.07. The SMILES string of the molecule is CCN(CC)S(=O)(=O)c1ccc(OC)c(NC(=O)C2CCCN2C(=O)c2cccs2)c1. The Labute approximate surface area is 186 Å². The number of sulfonamides is 1. The van der Waals surface area contributed by atoms with Crippen molar-refractivity contribution in [2.45, 2.75) is 37.6 Å². The lowest BCUT2D eigenvalue weighted by molar-refractivity contribution is -0.119. The summed E-state index contributed by atoms with van der Waals surface area (Å²) in [7, 11) is -2.24. The molecule has 1 atom stereocenters. The zero-order valence-electron chi connectivity index (χ0n) is 17.8. The Morgan fingerprint density at radius 3 is 2.61 bits per heavy atom. The van der Waals surface area contributed by atoms with E-state index in [4.69, 9.17) is 4.74 Å². The summed E-state index contributed by atoms with van der Waals surface area (Å²) in [6, 6.07) is 7.31. The first-order valence-corrected chi connectivity index (χ1v) is 12.5. The minimum Gasteiger partial charge on any atom is -0.495 e. The van der Waals surface area contributed by atoms with E-state index in [0.29, 0.717) is 36.7 Å². The molecule has 2 amide bonds. The van der Waals surface area contributed by atoms with Gasteiger partial charge in [-0.3, -0.25) is 9.59 Å². The van der Waals surface area contributed by atoms with Crippen LogP contribution in [0.25, 0.3) is 0 Å². The van der Waals surface area contributed by atoms with Gasteiger partial charge in [0.1, 0.15) is 11.8 Å². The lowest BCUT2D eigenvalue weighted by Gasteiger charge is -2.24. The third-order valence-corrected chi connectivity index (χ3v) is 8.22. The molecule has 0 spiro atoms. The fourth-order valence-corrected chi connectivity index (χ4v) is 5.86. The summed E-state index contributed by atoms with van der Waals surface area (Å²) >= 11 is 1.34. The summed E-state index contributed by atoms with van der Waals surface area (Å²) in [5, 5.41) is 4.61. The van der Waals surface area contributed by atoms with Gasteiger partial charge in [0, 0.05) is 19.6 Å². The molecule has 1 fully saturated rings. The van der Waals surface area contributed by atoms with Gasteiger partial charge in [0.05, 0.1) is 22.6 Å². The highest BCUT2D eigenvalue weighted by atomic mass is 32.2. The summed E-state index contributed by atoms with van der Waals surface area (Å²) < 4.78 is 32.4. The van der Waals surface area contributed by atoms with E-state index in [1.807, 2.05) is 5.38 Å². The van der Waals surface area contributed by atoms with E-state index < -0.39 is 16.1 Å². The van der Waals surface area contributed by atoms with Crippen LogP contribution in [0.4, 0.5) is 5.69 Å². The number of nitrogens with zero attached hydrogens (tertiary/aromatic N) is 2. The third-order valence-electron chi connectivity index (χ3n) is 5.32. The molecule has 1 aromatic heterocycles. The number of likely N-dealkylation sites (tertiary alicyclic amines) is 1. The van der Waals surface area contributed by atoms with Crippen LogP contribution in [0.2, 0.25) is 0 Å². The summed E-state index contributed by atoms with van der Waals surface area (Å²) in [5.41, 5.74) is 0.260. The van der Waals surface area contributed by atoms with Crippen LogP contribution in [0, 0.1) is 0 Å². The van der Waals surface area contributed by atoms with E-state index in [1.165, 1.54) is 41.0 Å². The molecule has 0 radical (unpaired) electrons.